The highest BCUT2D eigenvalue weighted by molar-refractivity contribution is 5.98. The molecule has 3 rings (SSSR count). The predicted molar refractivity (Wildman–Crippen MR) is 83.9 cm³/mol. The zero-order valence-electron chi connectivity index (χ0n) is 12.1. The van der Waals surface area contributed by atoms with Crippen molar-refractivity contribution in [1.82, 2.24) is 0 Å². The van der Waals surface area contributed by atoms with Crippen LogP contribution in [0.5, 0.6) is 5.75 Å². The summed E-state index contributed by atoms with van der Waals surface area (Å²) in [6.45, 7) is 1.95. The van der Waals surface area contributed by atoms with Gasteiger partial charge in [0.25, 0.3) is 0 Å². The van der Waals surface area contributed by atoms with E-state index in [-0.39, 0.29) is 11.9 Å². The molecule has 4 nitrogen and oxygen atoms in total. The van der Waals surface area contributed by atoms with Crippen LogP contribution in [0.2, 0.25) is 0 Å². The third-order valence-electron chi connectivity index (χ3n) is 3.78. The highest BCUT2D eigenvalue weighted by Crippen LogP contribution is 2.27. The minimum Gasteiger partial charge on any atom is -0.497 e. The van der Waals surface area contributed by atoms with Crippen LogP contribution in [-0.2, 0) is 11.2 Å². The number of fused-ring (bicyclic) bond motifs is 1. The number of nitrogens with one attached hydrogen (secondary N) is 2. The Hall–Kier alpha value is -2.49. The lowest BCUT2D eigenvalue weighted by Crippen LogP contribution is -2.33. The molecule has 0 radical (unpaired) electrons. The number of hydrogen-bond donors (Lipinski definition) is 2. The van der Waals surface area contributed by atoms with Crippen molar-refractivity contribution in [2.24, 2.45) is 0 Å². The molecule has 1 unspecified atom stereocenters. The van der Waals surface area contributed by atoms with Crippen molar-refractivity contribution in [2.45, 2.75) is 19.4 Å². The Balaban J connectivity index is 1.71. The average molecular weight is 282 g/mol. The minimum absolute atomic E-state index is 0.0144. The zero-order chi connectivity index (χ0) is 14.8. The van der Waals surface area contributed by atoms with Crippen molar-refractivity contribution >= 4 is 17.3 Å². The largest absolute Gasteiger partial charge is 0.497 e. The molecule has 0 saturated carbocycles. The van der Waals surface area contributed by atoms with Crippen molar-refractivity contribution in [3.63, 3.8) is 0 Å². The smallest absolute Gasteiger partial charge is 0.247 e. The third-order valence-corrected chi connectivity index (χ3v) is 3.78. The molecule has 21 heavy (non-hydrogen) atoms. The summed E-state index contributed by atoms with van der Waals surface area (Å²) in [6.07, 6.45) is 0.719. The number of amides is 1. The van der Waals surface area contributed by atoms with Gasteiger partial charge in [-0.05, 0) is 42.3 Å². The summed E-state index contributed by atoms with van der Waals surface area (Å²) in [5.74, 6) is 0.774. The van der Waals surface area contributed by atoms with Gasteiger partial charge in [-0.25, -0.2) is 0 Å². The standard InChI is InChI=1S/C17H18N2O2/c1-11-9-13(21-2)7-8-14(11)19-17(20)16-10-12-5-3-4-6-15(12)18-16/h3-9,16,18H,10H2,1-2H3,(H,19,20). The number of methoxy groups -OCH3 is 1. The molecule has 0 bridgehead atoms. The molecule has 2 aromatic carbocycles. The maximum Gasteiger partial charge on any atom is 0.247 e. The van der Waals surface area contributed by atoms with Gasteiger partial charge in [0.05, 0.1) is 7.11 Å². The normalized spacial score (nSPS) is 16.0. The van der Waals surface area contributed by atoms with E-state index in [4.69, 9.17) is 4.74 Å². The highest BCUT2D eigenvalue weighted by Gasteiger charge is 2.26. The molecule has 1 atom stereocenters. The van der Waals surface area contributed by atoms with E-state index < -0.39 is 0 Å². The molecule has 0 saturated heterocycles. The lowest BCUT2D eigenvalue weighted by atomic mass is 10.1. The van der Waals surface area contributed by atoms with E-state index in [1.165, 1.54) is 5.56 Å². The molecule has 0 aliphatic carbocycles. The molecule has 0 spiro atoms. The van der Waals surface area contributed by atoms with E-state index in [0.29, 0.717) is 0 Å². The Morgan fingerprint density at radius 3 is 2.81 bits per heavy atom. The fourth-order valence-electron chi connectivity index (χ4n) is 2.58. The first-order valence-corrected chi connectivity index (χ1v) is 6.97. The number of para-hydroxylation sites is 1. The van der Waals surface area contributed by atoms with Crippen LogP contribution in [0.1, 0.15) is 11.1 Å². The fraction of sp³-hybridized carbons (Fsp3) is 0.235. The number of anilines is 2. The molecular formula is C17H18N2O2. The van der Waals surface area contributed by atoms with E-state index in [9.17, 15) is 4.79 Å². The first-order chi connectivity index (χ1) is 10.2. The van der Waals surface area contributed by atoms with E-state index in [2.05, 4.69) is 10.6 Å². The van der Waals surface area contributed by atoms with E-state index in [1.807, 2.05) is 49.4 Å². The van der Waals surface area contributed by atoms with Gasteiger partial charge < -0.3 is 15.4 Å². The van der Waals surface area contributed by atoms with Crippen LogP contribution >= 0.6 is 0 Å². The van der Waals surface area contributed by atoms with E-state index in [0.717, 1.165) is 29.1 Å². The number of carbonyl (C=O) groups excluding carboxylic acids is 1. The Labute approximate surface area is 124 Å². The monoisotopic (exact) mass is 282 g/mol. The average Bonchev–Trinajstić information content (AvgIpc) is 2.93. The van der Waals surface area contributed by atoms with Crippen LogP contribution in [0.15, 0.2) is 42.5 Å². The van der Waals surface area contributed by atoms with Crippen molar-refractivity contribution < 1.29 is 9.53 Å². The lowest BCUT2D eigenvalue weighted by Gasteiger charge is -2.14. The zero-order valence-corrected chi connectivity index (χ0v) is 12.1. The third kappa shape index (κ3) is 2.70. The molecule has 1 aliphatic heterocycles. The second-order valence-corrected chi connectivity index (χ2v) is 5.23. The summed E-state index contributed by atoms with van der Waals surface area (Å²) in [6, 6.07) is 13.4. The van der Waals surface area contributed by atoms with Crippen molar-refractivity contribution in [2.75, 3.05) is 17.7 Å². The molecule has 108 valence electrons. The number of aryl methyl sites for hydroxylation is 1. The van der Waals surface area contributed by atoms with Gasteiger partial charge in [-0.1, -0.05) is 18.2 Å². The van der Waals surface area contributed by atoms with Crippen LogP contribution < -0.4 is 15.4 Å². The van der Waals surface area contributed by atoms with Crippen molar-refractivity contribution in [1.29, 1.82) is 0 Å². The van der Waals surface area contributed by atoms with Gasteiger partial charge in [0.1, 0.15) is 11.8 Å². The molecule has 1 amide bonds. The van der Waals surface area contributed by atoms with Gasteiger partial charge >= 0.3 is 0 Å². The van der Waals surface area contributed by atoms with Gasteiger partial charge in [0.2, 0.25) is 5.91 Å². The molecular weight excluding hydrogens is 264 g/mol. The van der Waals surface area contributed by atoms with Crippen molar-refractivity contribution in [3.05, 3.63) is 53.6 Å². The Morgan fingerprint density at radius 1 is 1.29 bits per heavy atom. The second-order valence-electron chi connectivity index (χ2n) is 5.23. The Morgan fingerprint density at radius 2 is 2.10 bits per heavy atom. The van der Waals surface area contributed by atoms with Crippen LogP contribution in [-0.4, -0.2) is 19.1 Å². The van der Waals surface area contributed by atoms with E-state index in [1.54, 1.807) is 7.11 Å². The summed E-state index contributed by atoms with van der Waals surface area (Å²) >= 11 is 0. The van der Waals surface area contributed by atoms with Gasteiger partial charge in [0, 0.05) is 17.8 Å². The fourth-order valence-corrected chi connectivity index (χ4v) is 2.58. The molecule has 1 aliphatic rings. The van der Waals surface area contributed by atoms with Crippen LogP contribution in [0.25, 0.3) is 0 Å². The highest BCUT2D eigenvalue weighted by atomic mass is 16.5. The van der Waals surface area contributed by atoms with Gasteiger partial charge in [0.15, 0.2) is 0 Å². The summed E-state index contributed by atoms with van der Waals surface area (Å²) in [5.41, 5.74) is 4.03. The number of rotatable bonds is 3. The van der Waals surface area contributed by atoms with Crippen LogP contribution in [0.4, 0.5) is 11.4 Å². The molecule has 2 aromatic rings. The van der Waals surface area contributed by atoms with E-state index >= 15 is 0 Å². The Bertz CT molecular complexity index is 657. The van der Waals surface area contributed by atoms with Crippen molar-refractivity contribution in [3.8, 4) is 5.75 Å². The maximum absolute atomic E-state index is 12.4. The topological polar surface area (TPSA) is 50.4 Å². The van der Waals surface area contributed by atoms with Gasteiger partial charge in [-0.3, -0.25) is 4.79 Å². The number of carbonyl (C=O) groups is 1. The SMILES string of the molecule is COc1ccc(NC(=O)C2Cc3ccccc3N2)c(C)c1. The quantitative estimate of drug-likeness (QED) is 0.910. The van der Waals surface area contributed by atoms with Crippen LogP contribution in [0, 0.1) is 6.92 Å². The first kappa shape index (κ1) is 13.5. The number of benzene rings is 2. The molecule has 2 N–H and O–H groups in total. The molecule has 0 fully saturated rings. The second kappa shape index (κ2) is 5.48. The molecule has 0 aromatic heterocycles. The van der Waals surface area contributed by atoms with Gasteiger partial charge in [-0.15, -0.1) is 0 Å². The lowest BCUT2D eigenvalue weighted by molar-refractivity contribution is -0.116. The minimum atomic E-state index is -0.219. The Kier molecular flexibility index (Phi) is 3.52. The summed E-state index contributed by atoms with van der Waals surface area (Å²) in [5, 5.41) is 6.24. The van der Waals surface area contributed by atoms with Gasteiger partial charge in [-0.2, -0.15) is 0 Å². The predicted octanol–water partition coefficient (Wildman–Crippen LogP) is 2.98. The summed E-state index contributed by atoms with van der Waals surface area (Å²) in [7, 11) is 1.63. The maximum atomic E-state index is 12.4. The number of hydrogen-bond acceptors (Lipinski definition) is 3. The first-order valence-electron chi connectivity index (χ1n) is 6.97. The number of ether oxygens (including phenoxy) is 1. The summed E-state index contributed by atoms with van der Waals surface area (Å²) < 4.78 is 5.17. The van der Waals surface area contributed by atoms with Crippen LogP contribution in [0.3, 0.4) is 0 Å². The molecule has 4 heteroatoms. The molecule has 1 heterocycles. The summed E-state index contributed by atoms with van der Waals surface area (Å²) in [4.78, 5) is 12.4.